The second-order valence-corrected chi connectivity index (χ2v) is 4.38. The quantitative estimate of drug-likeness (QED) is 0.880. The first kappa shape index (κ1) is 12.7. The molecule has 0 heterocycles. The second kappa shape index (κ2) is 5.27. The Balaban J connectivity index is 2.13. The summed E-state index contributed by atoms with van der Waals surface area (Å²) in [6.45, 7) is 1.96. The molecule has 0 saturated carbocycles. The number of hydrogen-bond donors (Lipinski definition) is 1. The van der Waals surface area contributed by atoms with Crippen LogP contribution in [0.3, 0.4) is 0 Å². The van der Waals surface area contributed by atoms with Gasteiger partial charge in [0.2, 0.25) is 0 Å². The lowest BCUT2D eigenvalue weighted by atomic mass is 10.0. The highest BCUT2D eigenvalue weighted by Gasteiger charge is 2.10. The minimum Gasteiger partial charge on any atom is -0.388 e. The van der Waals surface area contributed by atoms with Crippen molar-refractivity contribution in [2.45, 2.75) is 19.4 Å². The number of aliphatic hydroxyl groups excluding tert-OH is 1. The maximum atomic E-state index is 13.0. The predicted octanol–water partition coefficient (Wildman–Crippen LogP) is 3.55. The van der Waals surface area contributed by atoms with Crippen LogP contribution in [0.2, 0.25) is 0 Å². The van der Waals surface area contributed by atoms with Gasteiger partial charge in [-0.3, -0.25) is 0 Å². The zero-order chi connectivity index (χ0) is 13.1. The first-order valence-electron chi connectivity index (χ1n) is 5.75. The van der Waals surface area contributed by atoms with Crippen molar-refractivity contribution in [3.05, 3.63) is 70.8 Å². The zero-order valence-corrected chi connectivity index (χ0v) is 10.0. The Morgan fingerprint density at radius 3 is 2.28 bits per heavy atom. The van der Waals surface area contributed by atoms with E-state index in [1.807, 2.05) is 31.2 Å². The molecule has 0 radical (unpaired) electrons. The Morgan fingerprint density at radius 1 is 1.00 bits per heavy atom. The molecule has 0 bridgehead atoms. The molecule has 3 heteroatoms. The third-order valence-corrected chi connectivity index (χ3v) is 2.88. The van der Waals surface area contributed by atoms with Gasteiger partial charge in [-0.15, -0.1) is 0 Å². The molecule has 0 fully saturated rings. The van der Waals surface area contributed by atoms with Gasteiger partial charge in [-0.05, 0) is 30.2 Å². The van der Waals surface area contributed by atoms with E-state index in [0.717, 1.165) is 23.3 Å². The lowest BCUT2D eigenvalue weighted by Crippen LogP contribution is -2.02. The molecular weight excluding hydrogens is 234 g/mol. The maximum Gasteiger partial charge on any atom is 0.159 e. The van der Waals surface area contributed by atoms with Crippen molar-refractivity contribution < 1.29 is 13.9 Å². The number of aryl methyl sites for hydroxylation is 1. The zero-order valence-electron chi connectivity index (χ0n) is 10.0. The second-order valence-electron chi connectivity index (χ2n) is 4.38. The summed E-state index contributed by atoms with van der Waals surface area (Å²) in [5.41, 5.74) is 2.45. The molecule has 2 rings (SSSR count). The molecule has 1 unspecified atom stereocenters. The monoisotopic (exact) mass is 248 g/mol. The predicted molar refractivity (Wildman–Crippen MR) is 66.2 cm³/mol. The average Bonchev–Trinajstić information content (AvgIpc) is 2.34. The molecule has 1 N–H and O–H groups in total. The number of benzene rings is 2. The van der Waals surface area contributed by atoms with Crippen LogP contribution in [0.25, 0.3) is 0 Å². The van der Waals surface area contributed by atoms with Gasteiger partial charge in [0.1, 0.15) is 0 Å². The van der Waals surface area contributed by atoms with Gasteiger partial charge >= 0.3 is 0 Å². The van der Waals surface area contributed by atoms with Gasteiger partial charge in [-0.1, -0.05) is 35.9 Å². The summed E-state index contributed by atoms with van der Waals surface area (Å²) in [5.74, 6) is -1.76. The van der Waals surface area contributed by atoms with E-state index in [4.69, 9.17) is 0 Å². The van der Waals surface area contributed by atoms with Crippen molar-refractivity contribution in [3.8, 4) is 0 Å². The van der Waals surface area contributed by atoms with Gasteiger partial charge in [0.25, 0.3) is 0 Å². The van der Waals surface area contributed by atoms with Gasteiger partial charge in [-0.2, -0.15) is 0 Å². The van der Waals surface area contributed by atoms with Crippen molar-refractivity contribution in [1.29, 1.82) is 0 Å². The van der Waals surface area contributed by atoms with E-state index < -0.39 is 17.7 Å². The fourth-order valence-electron chi connectivity index (χ4n) is 1.80. The highest BCUT2D eigenvalue weighted by Crippen LogP contribution is 2.20. The van der Waals surface area contributed by atoms with Crippen LogP contribution in [0.1, 0.15) is 22.8 Å². The smallest absolute Gasteiger partial charge is 0.159 e. The van der Waals surface area contributed by atoms with Crippen LogP contribution in [0.15, 0.2) is 42.5 Å². The Labute approximate surface area is 105 Å². The number of rotatable bonds is 3. The number of hydrogen-bond acceptors (Lipinski definition) is 1. The van der Waals surface area contributed by atoms with E-state index in [2.05, 4.69) is 0 Å². The van der Waals surface area contributed by atoms with Crippen LogP contribution in [0.5, 0.6) is 0 Å². The van der Waals surface area contributed by atoms with Gasteiger partial charge in [0.05, 0.1) is 6.10 Å². The van der Waals surface area contributed by atoms with Crippen LogP contribution in [0, 0.1) is 18.6 Å². The largest absolute Gasteiger partial charge is 0.388 e. The fourth-order valence-corrected chi connectivity index (χ4v) is 1.80. The summed E-state index contributed by atoms with van der Waals surface area (Å²) in [6, 6.07) is 11.2. The Bertz CT molecular complexity index is 535. The van der Waals surface area contributed by atoms with Gasteiger partial charge in [0.15, 0.2) is 11.6 Å². The van der Waals surface area contributed by atoms with Gasteiger partial charge in [0, 0.05) is 6.42 Å². The highest BCUT2D eigenvalue weighted by molar-refractivity contribution is 5.26. The Morgan fingerprint density at radius 2 is 1.67 bits per heavy atom. The molecule has 0 amide bonds. The third kappa shape index (κ3) is 2.93. The van der Waals surface area contributed by atoms with Crippen LogP contribution in [0.4, 0.5) is 8.78 Å². The van der Waals surface area contributed by atoms with Crippen LogP contribution in [-0.2, 0) is 6.42 Å². The first-order valence-corrected chi connectivity index (χ1v) is 5.75. The first-order chi connectivity index (χ1) is 8.56. The molecular formula is C15H14F2O. The normalized spacial score (nSPS) is 12.4. The molecule has 1 atom stereocenters. The lowest BCUT2D eigenvalue weighted by Gasteiger charge is -2.11. The summed E-state index contributed by atoms with van der Waals surface area (Å²) in [7, 11) is 0. The molecule has 0 saturated heterocycles. The van der Waals surface area contributed by atoms with Crippen molar-refractivity contribution in [2.24, 2.45) is 0 Å². The highest BCUT2D eigenvalue weighted by atomic mass is 19.2. The SMILES string of the molecule is Cc1ccc(C(O)Cc2ccc(F)c(F)c2)cc1. The summed E-state index contributed by atoms with van der Waals surface area (Å²) < 4.78 is 25.8. The van der Waals surface area contributed by atoms with Crippen LogP contribution >= 0.6 is 0 Å². The van der Waals surface area contributed by atoms with Gasteiger partial charge in [-0.25, -0.2) is 8.78 Å². The molecule has 2 aromatic carbocycles. The molecule has 0 aliphatic carbocycles. The standard InChI is InChI=1S/C15H14F2O/c1-10-2-5-12(6-3-10)15(18)9-11-4-7-13(16)14(17)8-11/h2-8,15,18H,9H2,1H3. The molecule has 0 aromatic heterocycles. The minimum absolute atomic E-state index is 0.264. The molecule has 94 valence electrons. The van der Waals surface area contributed by atoms with Crippen molar-refractivity contribution >= 4 is 0 Å². The summed E-state index contributed by atoms with van der Waals surface area (Å²) >= 11 is 0. The van der Waals surface area contributed by atoms with E-state index in [-0.39, 0.29) is 6.42 Å². The van der Waals surface area contributed by atoms with Crippen molar-refractivity contribution in [1.82, 2.24) is 0 Å². The molecule has 0 aliphatic heterocycles. The fraction of sp³-hybridized carbons (Fsp3) is 0.200. The maximum absolute atomic E-state index is 13.0. The van der Waals surface area contributed by atoms with Crippen molar-refractivity contribution in [3.63, 3.8) is 0 Å². The third-order valence-electron chi connectivity index (χ3n) is 2.88. The molecule has 2 aromatic rings. The summed E-state index contributed by atoms with van der Waals surface area (Å²) in [5, 5.41) is 10.0. The van der Waals surface area contributed by atoms with E-state index in [0.29, 0.717) is 5.56 Å². The van der Waals surface area contributed by atoms with E-state index in [9.17, 15) is 13.9 Å². The van der Waals surface area contributed by atoms with E-state index >= 15 is 0 Å². The molecule has 0 spiro atoms. The van der Waals surface area contributed by atoms with Crippen LogP contribution < -0.4 is 0 Å². The van der Waals surface area contributed by atoms with Gasteiger partial charge < -0.3 is 5.11 Å². The van der Waals surface area contributed by atoms with E-state index in [1.54, 1.807) is 0 Å². The number of aliphatic hydroxyl groups is 1. The summed E-state index contributed by atoms with van der Waals surface area (Å²) in [4.78, 5) is 0. The van der Waals surface area contributed by atoms with E-state index in [1.165, 1.54) is 6.07 Å². The topological polar surface area (TPSA) is 20.2 Å². The summed E-state index contributed by atoms with van der Waals surface area (Å²) in [6.07, 6.45) is -0.448. The Kier molecular flexibility index (Phi) is 3.72. The minimum atomic E-state index is -0.886. The van der Waals surface area contributed by atoms with Crippen LogP contribution in [-0.4, -0.2) is 5.11 Å². The molecule has 1 nitrogen and oxygen atoms in total. The Hall–Kier alpha value is -1.74. The molecule has 18 heavy (non-hydrogen) atoms. The average molecular weight is 248 g/mol. The lowest BCUT2D eigenvalue weighted by molar-refractivity contribution is 0.178. The van der Waals surface area contributed by atoms with Crippen molar-refractivity contribution in [2.75, 3.05) is 0 Å². The molecule has 0 aliphatic rings. The number of halogens is 2.